The van der Waals surface area contributed by atoms with E-state index in [0.29, 0.717) is 31.7 Å². The Balaban J connectivity index is 1.35. The molecule has 2 aromatic heterocycles. The summed E-state index contributed by atoms with van der Waals surface area (Å²) in [5.74, 6) is 0.193. The summed E-state index contributed by atoms with van der Waals surface area (Å²) in [5.41, 5.74) is 6.01. The van der Waals surface area contributed by atoms with E-state index in [1.54, 1.807) is 9.80 Å². The van der Waals surface area contributed by atoms with Crippen LogP contribution in [0.3, 0.4) is 0 Å². The number of piperazine rings is 1. The van der Waals surface area contributed by atoms with E-state index < -0.39 is 11.7 Å². The van der Waals surface area contributed by atoms with Crippen LogP contribution in [0.15, 0.2) is 30.9 Å². The zero-order chi connectivity index (χ0) is 21.3. The van der Waals surface area contributed by atoms with Gasteiger partial charge < -0.3 is 20.1 Å². The molecule has 0 bridgehead atoms. The van der Waals surface area contributed by atoms with Gasteiger partial charge in [-0.1, -0.05) is 12.8 Å². The van der Waals surface area contributed by atoms with Gasteiger partial charge >= 0.3 is 6.18 Å². The van der Waals surface area contributed by atoms with Gasteiger partial charge in [0.2, 0.25) is 5.95 Å². The summed E-state index contributed by atoms with van der Waals surface area (Å²) < 4.78 is 40.0. The van der Waals surface area contributed by atoms with Gasteiger partial charge in [-0.2, -0.15) is 13.2 Å². The number of aromatic nitrogens is 3. The molecule has 1 aliphatic heterocycles. The van der Waals surface area contributed by atoms with Crippen LogP contribution in [0, 0.1) is 0 Å². The maximum Gasteiger partial charge on any atom is 0.419 e. The number of hydrogen-bond acceptors (Lipinski definition) is 5. The summed E-state index contributed by atoms with van der Waals surface area (Å²) in [7, 11) is 0. The minimum Gasteiger partial charge on any atom is -0.349 e. The second-order valence-electron chi connectivity index (χ2n) is 7.91. The standard InChI is InChI=1S/C20H25F3N6O/c21-20(22,23)15-11-25-19(26-12-15)28-9-7-27(8-10-28)18(30)14-5-6-29(13-14)17-4-2-1-3-16(17)24/h5-6,11-13,16-17H,1-4,7-10,24H2/t16-,17+/m1/s1. The Hall–Kier alpha value is -2.62. The average molecular weight is 422 g/mol. The molecule has 10 heteroatoms. The zero-order valence-corrected chi connectivity index (χ0v) is 16.6. The number of carbonyl (C=O) groups excluding carboxylic acids is 1. The van der Waals surface area contributed by atoms with E-state index in [9.17, 15) is 18.0 Å². The first-order valence-corrected chi connectivity index (χ1v) is 10.2. The first kappa shape index (κ1) is 20.6. The van der Waals surface area contributed by atoms with Gasteiger partial charge in [-0.3, -0.25) is 4.79 Å². The van der Waals surface area contributed by atoms with Crippen molar-refractivity contribution in [2.45, 2.75) is 43.9 Å². The quantitative estimate of drug-likeness (QED) is 0.823. The van der Waals surface area contributed by atoms with E-state index in [1.165, 1.54) is 0 Å². The molecule has 1 saturated carbocycles. The predicted octanol–water partition coefficient (Wildman–Crippen LogP) is 2.70. The number of hydrogen-bond donors (Lipinski definition) is 1. The van der Waals surface area contributed by atoms with Gasteiger partial charge in [0.05, 0.1) is 11.1 Å². The van der Waals surface area contributed by atoms with Crippen LogP contribution in [-0.2, 0) is 6.18 Å². The van der Waals surface area contributed by atoms with Crippen molar-refractivity contribution in [1.82, 2.24) is 19.4 Å². The van der Waals surface area contributed by atoms with Gasteiger partial charge in [0.25, 0.3) is 5.91 Å². The summed E-state index contributed by atoms with van der Waals surface area (Å²) in [6, 6.07) is 2.17. The number of halogens is 3. The van der Waals surface area contributed by atoms with Crippen LogP contribution in [0.2, 0.25) is 0 Å². The molecular formula is C20H25F3N6O. The monoisotopic (exact) mass is 422 g/mol. The largest absolute Gasteiger partial charge is 0.419 e. The van der Waals surface area contributed by atoms with Crippen LogP contribution in [0.4, 0.5) is 19.1 Å². The highest BCUT2D eigenvalue weighted by Gasteiger charge is 2.32. The molecule has 1 aliphatic carbocycles. The van der Waals surface area contributed by atoms with E-state index in [1.807, 2.05) is 18.5 Å². The Bertz CT molecular complexity index is 873. The number of nitrogens with two attached hydrogens (primary N) is 1. The summed E-state index contributed by atoms with van der Waals surface area (Å²) in [6.45, 7) is 1.84. The maximum absolute atomic E-state index is 12.9. The molecule has 2 aliphatic rings. The molecule has 2 N–H and O–H groups in total. The number of rotatable bonds is 3. The number of alkyl halides is 3. The highest BCUT2D eigenvalue weighted by molar-refractivity contribution is 5.94. The molecule has 1 saturated heterocycles. The molecule has 3 heterocycles. The number of carbonyl (C=O) groups is 1. The number of amides is 1. The molecule has 2 aromatic rings. The second-order valence-corrected chi connectivity index (χ2v) is 7.91. The van der Waals surface area contributed by atoms with Crippen LogP contribution in [0.1, 0.15) is 47.6 Å². The SMILES string of the molecule is N[C@@H]1CCCC[C@@H]1n1ccc(C(=O)N2CCN(c3ncc(C(F)(F)F)cn3)CC2)c1. The minimum atomic E-state index is -4.46. The lowest BCUT2D eigenvalue weighted by molar-refractivity contribution is -0.138. The van der Waals surface area contributed by atoms with Crippen LogP contribution in [0.25, 0.3) is 0 Å². The van der Waals surface area contributed by atoms with Crippen molar-refractivity contribution in [3.05, 3.63) is 42.0 Å². The summed E-state index contributed by atoms with van der Waals surface area (Å²) in [5, 5.41) is 0. The smallest absolute Gasteiger partial charge is 0.349 e. The normalized spacial score (nSPS) is 22.9. The van der Waals surface area contributed by atoms with E-state index >= 15 is 0 Å². The minimum absolute atomic E-state index is 0.0499. The van der Waals surface area contributed by atoms with Crippen LogP contribution in [-0.4, -0.2) is 57.6 Å². The Morgan fingerprint density at radius 2 is 1.73 bits per heavy atom. The molecule has 0 spiro atoms. The fraction of sp³-hybridized carbons (Fsp3) is 0.550. The lowest BCUT2D eigenvalue weighted by Crippen LogP contribution is -2.49. The lowest BCUT2D eigenvalue weighted by Gasteiger charge is -2.34. The van der Waals surface area contributed by atoms with Gasteiger partial charge in [0, 0.05) is 63.1 Å². The summed E-state index contributed by atoms with van der Waals surface area (Å²) in [4.78, 5) is 24.1. The zero-order valence-electron chi connectivity index (χ0n) is 16.6. The van der Waals surface area contributed by atoms with Gasteiger partial charge in [0.15, 0.2) is 0 Å². The third-order valence-electron chi connectivity index (χ3n) is 5.94. The molecule has 162 valence electrons. The first-order chi connectivity index (χ1) is 14.3. The van der Waals surface area contributed by atoms with Gasteiger partial charge in [-0.25, -0.2) is 9.97 Å². The maximum atomic E-state index is 12.9. The fourth-order valence-electron chi connectivity index (χ4n) is 4.18. The molecule has 30 heavy (non-hydrogen) atoms. The Labute approximate surface area is 172 Å². The topological polar surface area (TPSA) is 80.3 Å². The Morgan fingerprint density at radius 1 is 1.07 bits per heavy atom. The molecule has 0 aromatic carbocycles. The number of anilines is 1. The molecule has 2 atom stereocenters. The van der Waals surface area contributed by atoms with E-state index in [2.05, 4.69) is 14.5 Å². The molecule has 1 amide bonds. The van der Waals surface area contributed by atoms with E-state index in [-0.39, 0.29) is 23.9 Å². The number of nitrogens with zero attached hydrogens (tertiary/aromatic N) is 5. The highest BCUT2D eigenvalue weighted by atomic mass is 19.4. The summed E-state index contributed by atoms with van der Waals surface area (Å²) >= 11 is 0. The van der Waals surface area contributed by atoms with Crippen molar-refractivity contribution in [2.75, 3.05) is 31.1 Å². The molecule has 4 rings (SSSR count). The van der Waals surface area contributed by atoms with Crippen molar-refractivity contribution >= 4 is 11.9 Å². The molecular weight excluding hydrogens is 397 g/mol. The molecule has 2 fully saturated rings. The molecule has 0 radical (unpaired) electrons. The Kier molecular flexibility index (Phi) is 5.68. The van der Waals surface area contributed by atoms with Crippen LogP contribution in [0.5, 0.6) is 0 Å². The molecule has 7 nitrogen and oxygen atoms in total. The van der Waals surface area contributed by atoms with Crippen molar-refractivity contribution < 1.29 is 18.0 Å². The van der Waals surface area contributed by atoms with E-state index in [4.69, 9.17) is 5.73 Å². The van der Waals surface area contributed by atoms with E-state index in [0.717, 1.165) is 38.1 Å². The first-order valence-electron chi connectivity index (χ1n) is 10.2. The van der Waals surface area contributed by atoms with Crippen LogP contribution >= 0.6 is 0 Å². The molecule has 0 unspecified atom stereocenters. The average Bonchev–Trinajstić information content (AvgIpc) is 3.23. The third kappa shape index (κ3) is 4.28. The van der Waals surface area contributed by atoms with Gasteiger partial charge in [0.1, 0.15) is 0 Å². The van der Waals surface area contributed by atoms with Crippen molar-refractivity contribution in [3.63, 3.8) is 0 Å². The fourth-order valence-corrected chi connectivity index (χ4v) is 4.18. The lowest BCUT2D eigenvalue weighted by atomic mass is 9.91. The summed E-state index contributed by atoms with van der Waals surface area (Å²) in [6.07, 6.45) is 5.25. The highest BCUT2D eigenvalue weighted by Crippen LogP contribution is 2.29. The third-order valence-corrected chi connectivity index (χ3v) is 5.94. The van der Waals surface area contributed by atoms with Gasteiger partial charge in [-0.15, -0.1) is 0 Å². The van der Waals surface area contributed by atoms with Crippen molar-refractivity contribution in [1.29, 1.82) is 0 Å². The van der Waals surface area contributed by atoms with Crippen molar-refractivity contribution in [3.8, 4) is 0 Å². The van der Waals surface area contributed by atoms with Gasteiger partial charge in [-0.05, 0) is 18.9 Å². The Morgan fingerprint density at radius 3 is 2.37 bits per heavy atom. The second kappa shape index (κ2) is 8.25. The van der Waals surface area contributed by atoms with Crippen LogP contribution < -0.4 is 10.6 Å². The predicted molar refractivity (Wildman–Crippen MR) is 105 cm³/mol. The van der Waals surface area contributed by atoms with Crippen molar-refractivity contribution in [2.24, 2.45) is 5.73 Å².